The van der Waals surface area contributed by atoms with Crippen molar-refractivity contribution in [2.24, 2.45) is 0 Å². The third-order valence-corrected chi connectivity index (χ3v) is 1.90. The minimum Gasteiger partial charge on any atom is -0.478 e. The number of aliphatic hydroxyl groups is 1. The third-order valence-electron chi connectivity index (χ3n) is 1.90. The molecular formula is C8H11NO6. The topological polar surface area (TPSA) is 104 Å². The van der Waals surface area contributed by atoms with Crippen LogP contribution in [0.4, 0.5) is 0 Å². The van der Waals surface area contributed by atoms with E-state index in [9.17, 15) is 14.4 Å². The van der Waals surface area contributed by atoms with Crippen LogP contribution < -0.4 is 0 Å². The van der Waals surface area contributed by atoms with E-state index in [1.54, 1.807) is 0 Å². The van der Waals surface area contributed by atoms with Crippen LogP contribution >= 0.6 is 0 Å². The zero-order chi connectivity index (χ0) is 11.4. The molecule has 0 aromatic carbocycles. The first-order valence-corrected chi connectivity index (χ1v) is 4.38. The number of amides is 2. The van der Waals surface area contributed by atoms with Gasteiger partial charge in [-0.05, 0) is 0 Å². The summed E-state index contributed by atoms with van der Waals surface area (Å²) in [5.74, 6) is -2.55. The number of carboxylic acid groups (broad SMARTS) is 1. The summed E-state index contributed by atoms with van der Waals surface area (Å²) in [7, 11) is 0. The molecule has 1 unspecified atom stereocenters. The van der Waals surface area contributed by atoms with Crippen LogP contribution in [-0.4, -0.2) is 52.3 Å². The van der Waals surface area contributed by atoms with Crippen molar-refractivity contribution >= 4 is 17.8 Å². The summed E-state index contributed by atoms with van der Waals surface area (Å²) >= 11 is 0. The maximum absolute atomic E-state index is 11.2. The van der Waals surface area contributed by atoms with Gasteiger partial charge in [0, 0.05) is 12.8 Å². The standard InChI is InChI=1S/C8H11NO6/c10-3-4-15-7(8(13)14)9-5(11)1-2-6(9)12/h7,10H,1-4H2,(H,13,14). The predicted octanol–water partition coefficient (Wildman–Crippen LogP) is -1.45. The largest absolute Gasteiger partial charge is 0.478 e. The van der Waals surface area contributed by atoms with Crippen molar-refractivity contribution in [1.82, 2.24) is 4.90 Å². The van der Waals surface area contributed by atoms with Gasteiger partial charge < -0.3 is 14.9 Å². The molecule has 15 heavy (non-hydrogen) atoms. The molecule has 2 amide bonds. The van der Waals surface area contributed by atoms with Gasteiger partial charge >= 0.3 is 5.97 Å². The summed E-state index contributed by atoms with van der Waals surface area (Å²) in [6, 6.07) is 0. The molecular weight excluding hydrogens is 206 g/mol. The van der Waals surface area contributed by atoms with Crippen molar-refractivity contribution in [2.45, 2.75) is 19.1 Å². The minimum absolute atomic E-state index is 0.00506. The number of carbonyl (C=O) groups is 3. The lowest BCUT2D eigenvalue weighted by molar-refractivity contribution is -0.175. The molecule has 1 atom stereocenters. The van der Waals surface area contributed by atoms with Gasteiger partial charge in [0.15, 0.2) is 0 Å². The molecule has 0 spiro atoms. The number of rotatable bonds is 5. The third kappa shape index (κ3) is 2.51. The quantitative estimate of drug-likeness (QED) is 0.546. The average Bonchev–Trinajstić information content (AvgIpc) is 2.49. The van der Waals surface area contributed by atoms with Crippen LogP contribution in [0.25, 0.3) is 0 Å². The number of ether oxygens (including phenoxy) is 1. The molecule has 1 aliphatic heterocycles. The molecule has 7 heteroatoms. The molecule has 0 saturated carbocycles. The summed E-state index contributed by atoms with van der Waals surface area (Å²) < 4.78 is 4.71. The van der Waals surface area contributed by atoms with Gasteiger partial charge in [-0.25, -0.2) is 9.69 Å². The number of hydrogen-bond acceptors (Lipinski definition) is 5. The fourth-order valence-electron chi connectivity index (χ4n) is 1.28. The Morgan fingerprint density at radius 3 is 2.33 bits per heavy atom. The molecule has 0 bridgehead atoms. The SMILES string of the molecule is O=C(O)C(OCCO)N1C(=O)CCC1=O. The molecule has 1 fully saturated rings. The Bertz CT molecular complexity index is 273. The number of carboxylic acids is 1. The maximum atomic E-state index is 11.2. The Hall–Kier alpha value is -1.47. The second-order valence-corrected chi connectivity index (χ2v) is 2.94. The van der Waals surface area contributed by atoms with Crippen molar-refractivity contribution in [2.75, 3.05) is 13.2 Å². The number of aliphatic hydroxyl groups excluding tert-OH is 1. The molecule has 84 valence electrons. The average molecular weight is 217 g/mol. The summed E-state index contributed by atoms with van der Waals surface area (Å²) in [5, 5.41) is 17.2. The summed E-state index contributed by atoms with van der Waals surface area (Å²) in [4.78, 5) is 33.7. The highest BCUT2D eigenvalue weighted by Crippen LogP contribution is 2.16. The van der Waals surface area contributed by atoms with E-state index < -0.39 is 24.0 Å². The van der Waals surface area contributed by atoms with E-state index in [0.717, 1.165) is 0 Å². The lowest BCUT2D eigenvalue weighted by Crippen LogP contribution is -2.46. The van der Waals surface area contributed by atoms with Crippen molar-refractivity contribution in [1.29, 1.82) is 0 Å². The van der Waals surface area contributed by atoms with Crippen LogP contribution in [0.5, 0.6) is 0 Å². The van der Waals surface area contributed by atoms with Gasteiger partial charge in [-0.15, -0.1) is 0 Å². The lowest BCUT2D eigenvalue weighted by atomic mass is 10.4. The molecule has 1 saturated heterocycles. The molecule has 7 nitrogen and oxygen atoms in total. The van der Waals surface area contributed by atoms with E-state index in [4.69, 9.17) is 14.9 Å². The van der Waals surface area contributed by atoms with Crippen LogP contribution in [0.3, 0.4) is 0 Å². The fraction of sp³-hybridized carbons (Fsp3) is 0.625. The first kappa shape index (κ1) is 11.6. The van der Waals surface area contributed by atoms with Gasteiger partial charge in [-0.1, -0.05) is 0 Å². The molecule has 0 radical (unpaired) electrons. The smallest absolute Gasteiger partial charge is 0.354 e. The minimum atomic E-state index is -1.63. The summed E-state index contributed by atoms with van der Waals surface area (Å²) in [6.07, 6.45) is -1.62. The highest BCUT2D eigenvalue weighted by Gasteiger charge is 2.39. The van der Waals surface area contributed by atoms with Crippen molar-refractivity contribution < 1.29 is 29.3 Å². The molecule has 0 aromatic heterocycles. The number of imide groups is 1. The fourth-order valence-corrected chi connectivity index (χ4v) is 1.28. The van der Waals surface area contributed by atoms with Crippen molar-refractivity contribution in [3.8, 4) is 0 Å². The number of aliphatic carboxylic acids is 1. The molecule has 1 rings (SSSR count). The number of hydrogen-bond donors (Lipinski definition) is 2. The Labute approximate surface area is 85.2 Å². The summed E-state index contributed by atoms with van der Waals surface area (Å²) in [6.45, 7) is -0.617. The highest BCUT2D eigenvalue weighted by molar-refractivity contribution is 6.04. The molecule has 2 N–H and O–H groups in total. The number of nitrogens with zero attached hydrogens (tertiary/aromatic N) is 1. The molecule has 0 aromatic rings. The van der Waals surface area contributed by atoms with E-state index in [1.165, 1.54) is 0 Å². The second kappa shape index (κ2) is 4.85. The van der Waals surface area contributed by atoms with Gasteiger partial charge in [-0.3, -0.25) is 9.59 Å². The van der Waals surface area contributed by atoms with Gasteiger partial charge in [0.05, 0.1) is 13.2 Å². The predicted molar refractivity (Wildman–Crippen MR) is 45.5 cm³/mol. The van der Waals surface area contributed by atoms with E-state index in [2.05, 4.69) is 0 Å². The van der Waals surface area contributed by atoms with E-state index >= 15 is 0 Å². The highest BCUT2D eigenvalue weighted by atomic mass is 16.5. The van der Waals surface area contributed by atoms with E-state index in [0.29, 0.717) is 4.90 Å². The van der Waals surface area contributed by atoms with Crippen molar-refractivity contribution in [3.63, 3.8) is 0 Å². The Balaban J connectivity index is 2.74. The monoisotopic (exact) mass is 217 g/mol. The Morgan fingerprint density at radius 1 is 1.40 bits per heavy atom. The maximum Gasteiger partial charge on any atom is 0.354 e. The lowest BCUT2D eigenvalue weighted by Gasteiger charge is -2.21. The van der Waals surface area contributed by atoms with Crippen LogP contribution in [0.1, 0.15) is 12.8 Å². The molecule has 1 heterocycles. The number of likely N-dealkylation sites (tertiary alicyclic amines) is 1. The van der Waals surface area contributed by atoms with Gasteiger partial charge in [0.2, 0.25) is 18.0 Å². The second-order valence-electron chi connectivity index (χ2n) is 2.94. The zero-order valence-electron chi connectivity index (χ0n) is 7.88. The number of carbonyl (C=O) groups excluding carboxylic acids is 2. The summed E-state index contributed by atoms with van der Waals surface area (Å²) in [5.41, 5.74) is 0. The van der Waals surface area contributed by atoms with Crippen LogP contribution in [0, 0.1) is 0 Å². The van der Waals surface area contributed by atoms with E-state index in [1.807, 2.05) is 0 Å². The van der Waals surface area contributed by atoms with E-state index in [-0.39, 0.29) is 26.1 Å². The first-order chi connectivity index (χ1) is 7.07. The Morgan fingerprint density at radius 2 is 1.93 bits per heavy atom. The Kier molecular flexibility index (Phi) is 3.75. The first-order valence-electron chi connectivity index (χ1n) is 4.38. The van der Waals surface area contributed by atoms with Crippen molar-refractivity contribution in [3.05, 3.63) is 0 Å². The normalized spacial score (nSPS) is 18.3. The molecule has 0 aliphatic carbocycles. The van der Waals surface area contributed by atoms with Gasteiger partial charge in [0.25, 0.3) is 0 Å². The van der Waals surface area contributed by atoms with Crippen LogP contribution in [0.2, 0.25) is 0 Å². The zero-order valence-corrected chi connectivity index (χ0v) is 7.88. The van der Waals surface area contributed by atoms with Crippen LogP contribution in [0.15, 0.2) is 0 Å². The van der Waals surface area contributed by atoms with Crippen LogP contribution in [-0.2, 0) is 19.1 Å². The van der Waals surface area contributed by atoms with Gasteiger partial charge in [-0.2, -0.15) is 0 Å². The molecule has 1 aliphatic rings. The van der Waals surface area contributed by atoms with Gasteiger partial charge in [0.1, 0.15) is 0 Å².